The third-order valence-electron chi connectivity index (χ3n) is 6.62. The molecule has 0 radical (unpaired) electrons. The van der Waals surface area contributed by atoms with Crippen molar-refractivity contribution in [3.63, 3.8) is 0 Å². The van der Waals surface area contributed by atoms with Crippen LogP contribution < -0.4 is 14.2 Å². The lowest BCUT2D eigenvalue weighted by molar-refractivity contribution is 0.0514. The number of para-hydroxylation sites is 1. The van der Waals surface area contributed by atoms with E-state index >= 15 is 0 Å². The highest BCUT2D eigenvalue weighted by Gasteiger charge is 2.47. The van der Waals surface area contributed by atoms with E-state index in [1.54, 1.807) is 28.8 Å². The van der Waals surface area contributed by atoms with Gasteiger partial charge < -0.3 is 14.2 Å². The molecule has 1 aliphatic carbocycles. The van der Waals surface area contributed by atoms with Crippen molar-refractivity contribution in [1.29, 1.82) is 0 Å². The minimum Gasteiger partial charge on any atom is -0.486 e. The van der Waals surface area contributed by atoms with Crippen molar-refractivity contribution in [2.24, 2.45) is 5.92 Å². The molecular formula is C24H27N5O4. The molecule has 5 rings (SSSR count). The number of tetrazole rings is 1. The predicted molar refractivity (Wildman–Crippen MR) is 120 cm³/mol. The Morgan fingerprint density at radius 1 is 1.09 bits per heavy atom. The summed E-state index contributed by atoms with van der Waals surface area (Å²) in [6, 6.07) is 14.7. The smallest absolute Gasteiger partial charge is 0.415 e. The Labute approximate surface area is 192 Å². The van der Waals surface area contributed by atoms with Crippen LogP contribution in [0.2, 0.25) is 0 Å². The second kappa shape index (κ2) is 8.73. The van der Waals surface area contributed by atoms with E-state index in [0.717, 1.165) is 31.4 Å². The summed E-state index contributed by atoms with van der Waals surface area (Å²) in [5.41, 5.74) is 0.0526. The largest absolute Gasteiger partial charge is 0.486 e. The van der Waals surface area contributed by atoms with Crippen molar-refractivity contribution >= 4 is 6.09 Å². The average Bonchev–Trinajstić information content (AvgIpc) is 3.35. The summed E-state index contributed by atoms with van der Waals surface area (Å²) in [6.45, 7) is 3.25. The molecule has 0 bridgehead atoms. The summed E-state index contributed by atoms with van der Waals surface area (Å²) < 4.78 is 18.8. The fourth-order valence-electron chi connectivity index (χ4n) is 4.60. The molecule has 33 heavy (non-hydrogen) atoms. The Hall–Kier alpha value is -3.62. The predicted octanol–water partition coefficient (Wildman–Crippen LogP) is 3.97. The van der Waals surface area contributed by atoms with E-state index in [1.807, 2.05) is 36.4 Å². The topological polar surface area (TPSA) is 91.6 Å². The summed E-state index contributed by atoms with van der Waals surface area (Å²) in [4.78, 5) is 14.9. The molecule has 0 unspecified atom stereocenters. The molecule has 0 atom stereocenters. The van der Waals surface area contributed by atoms with Crippen molar-refractivity contribution < 1.29 is 19.0 Å². The molecule has 1 aromatic heterocycles. The molecule has 0 saturated heterocycles. The van der Waals surface area contributed by atoms with Crippen LogP contribution in [0.4, 0.5) is 4.79 Å². The molecule has 172 valence electrons. The SMILES string of the molecule is CC1CCC(c2nnnn2-c2ccc3c(c2)OCCO3)(N(C)C(=O)Oc2ccccc2)CC1. The summed E-state index contributed by atoms with van der Waals surface area (Å²) in [5.74, 6) is 3.03. The second-order valence-electron chi connectivity index (χ2n) is 8.70. The molecule has 1 saturated carbocycles. The summed E-state index contributed by atoms with van der Waals surface area (Å²) in [7, 11) is 1.77. The molecule has 1 amide bonds. The molecular weight excluding hydrogens is 422 g/mol. The van der Waals surface area contributed by atoms with Crippen LogP contribution in [0.3, 0.4) is 0 Å². The van der Waals surface area contributed by atoms with Crippen molar-refractivity contribution in [3.05, 3.63) is 54.4 Å². The summed E-state index contributed by atoms with van der Waals surface area (Å²) in [6.07, 6.45) is 2.94. The highest BCUT2D eigenvalue weighted by atomic mass is 16.6. The first-order valence-corrected chi connectivity index (χ1v) is 11.3. The van der Waals surface area contributed by atoms with E-state index in [2.05, 4.69) is 22.4 Å². The number of nitrogens with zero attached hydrogens (tertiary/aromatic N) is 5. The minimum atomic E-state index is -0.699. The molecule has 2 heterocycles. The van der Waals surface area contributed by atoms with E-state index < -0.39 is 11.6 Å². The Balaban J connectivity index is 1.51. The van der Waals surface area contributed by atoms with E-state index in [4.69, 9.17) is 14.2 Å². The molecule has 0 N–H and O–H groups in total. The first-order chi connectivity index (χ1) is 16.1. The number of ether oxygens (including phenoxy) is 3. The number of hydrogen-bond acceptors (Lipinski definition) is 7. The Bertz CT molecular complexity index is 1120. The lowest BCUT2D eigenvalue weighted by atomic mass is 9.75. The van der Waals surface area contributed by atoms with Crippen LogP contribution in [0.15, 0.2) is 48.5 Å². The van der Waals surface area contributed by atoms with Gasteiger partial charge in [0.1, 0.15) is 24.5 Å². The first kappa shape index (κ1) is 21.2. The lowest BCUT2D eigenvalue weighted by Gasteiger charge is -2.44. The van der Waals surface area contributed by atoms with Gasteiger partial charge in [-0.1, -0.05) is 25.1 Å². The van der Waals surface area contributed by atoms with Crippen LogP contribution in [-0.2, 0) is 5.54 Å². The van der Waals surface area contributed by atoms with Crippen LogP contribution in [-0.4, -0.2) is 51.5 Å². The Kier molecular flexibility index (Phi) is 5.62. The van der Waals surface area contributed by atoms with Gasteiger partial charge in [0, 0.05) is 13.1 Å². The van der Waals surface area contributed by atoms with Gasteiger partial charge in [-0.25, -0.2) is 4.79 Å². The zero-order valence-corrected chi connectivity index (χ0v) is 18.8. The summed E-state index contributed by atoms with van der Waals surface area (Å²) in [5, 5.41) is 12.7. The van der Waals surface area contributed by atoms with E-state index in [1.165, 1.54) is 0 Å². The molecule has 2 aromatic carbocycles. The van der Waals surface area contributed by atoms with Crippen LogP contribution in [0, 0.1) is 5.92 Å². The number of carbonyl (C=O) groups is 1. The monoisotopic (exact) mass is 449 g/mol. The number of aromatic nitrogens is 4. The van der Waals surface area contributed by atoms with Crippen molar-refractivity contribution in [3.8, 4) is 22.9 Å². The van der Waals surface area contributed by atoms with Gasteiger partial charge in [0.05, 0.1) is 5.69 Å². The van der Waals surface area contributed by atoms with Crippen LogP contribution in [0.25, 0.3) is 5.69 Å². The van der Waals surface area contributed by atoms with Gasteiger partial charge in [0.15, 0.2) is 17.3 Å². The highest BCUT2D eigenvalue weighted by Crippen LogP contribution is 2.44. The maximum absolute atomic E-state index is 13.2. The molecule has 1 fully saturated rings. The molecule has 1 aliphatic heterocycles. The number of carbonyl (C=O) groups excluding carboxylic acids is 1. The van der Waals surface area contributed by atoms with E-state index in [0.29, 0.717) is 42.2 Å². The number of amides is 1. The van der Waals surface area contributed by atoms with Gasteiger partial charge in [-0.15, -0.1) is 5.10 Å². The van der Waals surface area contributed by atoms with Gasteiger partial charge >= 0.3 is 6.09 Å². The average molecular weight is 450 g/mol. The number of hydrogen-bond donors (Lipinski definition) is 0. The zero-order chi connectivity index (χ0) is 22.8. The second-order valence-corrected chi connectivity index (χ2v) is 8.70. The molecule has 3 aromatic rings. The van der Waals surface area contributed by atoms with Crippen LogP contribution >= 0.6 is 0 Å². The maximum atomic E-state index is 13.2. The van der Waals surface area contributed by atoms with Gasteiger partial charge in [0.25, 0.3) is 0 Å². The van der Waals surface area contributed by atoms with Crippen molar-refractivity contribution in [2.45, 2.75) is 38.1 Å². The third kappa shape index (κ3) is 3.99. The van der Waals surface area contributed by atoms with Gasteiger partial charge in [-0.3, -0.25) is 4.90 Å². The quantitative estimate of drug-likeness (QED) is 0.595. The molecule has 0 spiro atoms. The standard InChI is InChI=1S/C24H27N5O4/c1-17-10-12-24(13-11-17,28(2)23(30)33-19-6-4-3-5-7-19)22-25-26-27-29(22)18-8-9-20-21(16-18)32-15-14-31-20/h3-9,16-17H,10-15H2,1-2H3. The normalized spacial score (nSPS) is 21.9. The first-order valence-electron chi connectivity index (χ1n) is 11.3. The molecule has 9 nitrogen and oxygen atoms in total. The fourth-order valence-corrected chi connectivity index (χ4v) is 4.60. The fraction of sp³-hybridized carbons (Fsp3) is 0.417. The molecule has 9 heteroatoms. The number of fused-ring (bicyclic) bond motifs is 1. The third-order valence-corrected chi connectivity index (χ3v) is 6.62. The van der Waals surface area contributed by atoms with Crippen LogP contribution in [0.5, 0.6) is 17.2 Å². The van der Waals surface area contributed by atoms with Gasteiger partial charge in [0.2, 0.25) is 0 Å². The minimum absolute atomic E-state index is 0.438. The van der Waals surface area contributed by atoms with Crippen molar-refractivity contribution in [1.82, 2.24) is 25.1 Å². The Morgan fingerprint density at radius 2 is 1.82 bits per heavy atom. The zero-order valence-electron chi connectivity index (χ0n) is 18.8. The number of benzene rings is 2. The number of rotatable bonds is 4. The molecule has 2 aliphatic rings. The van der Waals surface area contributed by atoms with Crippen LogP contribution in [0.1, 0.15) is 38.4 Å². The van der Waals surface area contributed by atoms with Crippen molar-refractivity contribution in [2.75, 3.05) is 20.3 Å². The maximum Gasteiger partial charge on any atom is 0.415 e. The van der Waals surface area contributed by atoms with Gasteiger partial charge in [-0.05, 0) is 66.3 Å². The Morgan fingerprint density at radius 3 is 2.58 bits per heavy atom. The highest BCUT2D eigenvalue weighted by molar-refractivity contribution is 5.71. The summed E-state index contributed by atoms with van der Waals surface area (Å²) >= 11 is 0. The van der Waals surface area contributed by atoms with E-state index in [-0.39, 0.29) is 0 Å². The van der Waals surface area contributed by atoms with Gasteiger partial charge in [-0.2, -0.15) is 4.68 Å². The van der Waals surface area contributed by atoms with E-state index in [9.17, 15) is 4.79 Å². The lowest BCUT2D eigenvalue weighted by Crippen LogP contribution is -2.51.